The predicted molar refractivity (Wildman–Crippen MR) is 304 cm³/mol. The molecule has 13 rings (SSSR count). The Morgan fingerprint density at radius 1 is 0.366 bits per heavy atom. The van der Waals surface area contributed by atoms with Crippen molar-refractivity contribution >= 4 is 48.6 Å². The summed E-state index contributed by atoms with van der Waals surface area (Å²) in [6.07, 6.45) is 0. The molecule has 0 amide bonds. The zero-order valence-electron chi connectivity index (χ0n) is 42.8. The maximum Gasteiger partial charge on any atom is 0.0713 e. The molecule has 0 radical (unpaired) electrons. The van der Waals surface area contributed by atoms with E-state index in [0.29, 0.717) is 0 Å². The molecule has 0 aliphatic heterocycles. The first kappa shape index (κ1) is 44.0. The topological polar surface area (TPSA) is 3.24 Å². The fraction of sp³-hybridized carbons (Fsp3) is 0.217. The molecule has 1 aromatic heterocycles. The Morgan fingerprint density at radius 2 is 0.859 bits per heavy atom. The van der Waals surface area contributed by atoms with Crippen LogP contribution in [0.3, 0.4) is 0 Å². The molecule has 10 aromatic rings. The molecule has 1 heterocycles. The maximum absolute atomic E-state index is 2.52. The van der Waals surface area contributed by atoms with Crippen molar-refractivity contribution in [1.82, 2.24) is 0 Å². The van der Waals surface area contributed by atoms with Gasteiger partial charge in [-0.15, -0.1) is 11.3 Å². The minimum Gasteiger partial charge on any atom is -0.310 e. The van der Waals surface area contributed by atoms with Gasteiger partial charge in [-0.25, -0.2) is 0 Å². The second-order valence-corrected chi connectivity index (χ2v) is 24.7. The standard InChI is InChI=1S/C69H61NS/c1-65(2,3)44-38-54-52-36-37-58-62(64(52)71-63(54)61(39-44)66(4,5)6)53-35-33-47(41-60(53)68(58,9)10)70(46-32-34-51-48-22-14-17-25-55(48)67(7,8)59(51)40-46)45-30-28-43(29-31-45)69(42-20-12-11-13-21-42)56-26-18-15-23-49(56)50-24-16-19-27-57(50)69/h11-41H,1-10H3. The number of fused-ring (bicyclic) bond motifs is 13. The van der Waals surface area contributed by atoms with Gasteiger partial charge < -0.3 is 4.90 Å². The average Bonchev–Trinajstić information content (AvgIpc) is 4.03. The summed E-state index contributed by atoms with van der Waals surface area (Å²) in [5.41, 5.74) is 24.3. The van der Waals surface area contributed by atoms with Crippen LogP contribution >= 0.6 is 11.3 Å². The number of thiophene rings is 1. The van der Waals surface area contributed by atoms with E-state index in [4.69, 9.17) is 0 Å². The van der Waals surface area contributed by atoms with Gasteiger partial charge in [0.15, 0.2) is 0 Å². The van der Waals surface area contributed by atoms with Crippen molar-refractivity contribution in [3.63, 3.8) is 0 Å². The number of nitrogens with zero attached hydrogens (tertiary/aromatic N) is 1. The first-order valence-corrected chi connectivity index (χ1v) is 26.4. The zero-order chi connectivity index (χ0) is 49.0. The molecule has 348 valence electrons. The van der Waals surface area contributed by atoms with Gasteiger partial charge in [-0.05, 0) is 137 Å². The minimum atomic E-state index is -0.468. The fourth-order valence-electron chi connectivity index (χ4n) is 13.1. The summed E-state index contributed by atoms with van der Waals surface area (Å²) in [6, 6.07) is 72.2. The van der Waals surface area contributed by atoms with Crippen LogP contribution in [0.15, 0.2) is 188 Å². The highest BCUT2D eigenvalue weighted by molar-refractivity contribution is 7.26. The lowest BCUT2D eigenvalue weighted by Gasteiger charge is -2.34. The van der Waals surface area contributed by atoms with E-state index in [0.717, 1.165) is 17.1 Å². The van der Waals surface area contributed by atoms with Gasteiger partial charge in [-0.1, -0.05) is 215 Å². The van der Waals surface area contributed by atoms with Crippen LogP contribution in [0, 0.1) is 0 Å². The van der Waals surface area contributed by atoms with E-state index in [2.05, 4.69) is 262 Å². The number of anilines is 3. The van der Waals surface area contributed by atoms with Gasteiger partial charge in [-0.2, -0.15) is 0 Å². The molecular formula is C69H61NS. The molecule has 0 saturated heterocycles. The molecule has 0 fully saturated rings. The second kappa shape index (κ2) is 15.0. The van der Waals surface area contributed by atoms with E-state index in [1.807, 2.05) is 11.3 Å². The molecule has 71 heavy (non-hydrogen) atoms. The Labute approximate surface area is 424 Å². The monoisotopic (exact) mass is 935 g/mol. The molecule has 3 aliphatic carbocycles. The van der Waals surface area contributed by atoms with E-state index >= 15 is 0 Å². The van der Waals surface area contributed by atoms with Crippen LogP contribution in [0.4, 0.5) is 17.1 Å². The van der Waals surface area contributed by atoms with Crippen LogP contribution in [0.25, 0.3) is 53.6 Å². The van der Waals surface area contributed by atoms with Crippen molar-refractivity contribution in [2.45, 2.75) is 96.3 Å². The van der Waals surface area contributed by atoms with E-state index in [1.165, 1.54) is 109 Å². The molecule has 0 bridgehead atoms. The Bertz CT molecular complexity index is 3780. The lowest BCUT2D eigenvalue weighted by atomic mass is 9.68. The van der Waals surface area contributed by atoms with E-state index in [9.17, 15) is 0 Å². The molecule has 9 aromatic carbocycles. The molecule has 0 saturated carbocycles. The van der Waals surface area contributed by atoms with Crippen molar-refractivity contribution in [3.05, 3.63) is 244 Å². The Hall–Kier alpha value is -7.00. The molecule has 2 heteroatoms. The molecule has 0 N–H and O–H groups in total. The number of hydrogen-bond donors (Lipinski definition) is 0. The van der Waals surface area contributed by atoms with Crippen LogP contribution in [0.1, 0.15) is 125 Å². The number of hydrogen-bond acceptors (Lipinski definition) is 2. The molecule has 0 spiro atoms. The van der Waals surface area contributed by atoms with Gasteiger partial charge >= 0.3 is 0 Å². The molecular weight excluding hydrogens is 875 g/mol. The largest absolute Gasteiger partial charge is 0.310 e. The first-order valence-electron chi connectivity index (χ1n) is 25.6. The first-order chi connectivity index (χ1) is 34.0. The summed E-state index contributed by atoms with van der Waals surface area (Å²) >= 11 is 2.01. The Balaban J connectivity index is 1.01. The van der Waals surface area contributed by atoms with E-state index in [-0.39, 0.29) is 21.7 Å². The average molecular weight is 936 g/mol. The third kappa shape index (κ3) is 6.16. The summed E-state index contributed by atoms with van der Waals surface area (Å²) in [7, 11) is 0. The number of benzene rings is 9. The van der Waals surface area contributed by atoms with E-state index in [1.54, 1.807) is 0 Å². The molecule has 0 unspecified atom stereocenters. The quantitative estimate of drug-likeness (QED) is 0.166. The highest BCUT2D eigenvalue weighted by Gasteiger charge is 2.46. The van der Waals surface area contributed by atoms with Crippen molar-refractivity contribution in [2.75, 3.05) is 4.90 Å². The SMILES string of the molecule is CC(C)(C)c1cc(C(C)(C)C)c2sc3c4c(ccc3c2c1)C(C)(C)c1cc(N(c2ccc(C3(c5ccccc5)c5ccccc5-c5ccccc53)cc2)c2ccc3c(c2)C(C)(C)c2ccccc2-3)ccc1-4. The van der Waals surface area contributed by atoms with Crippen molar-refractivity contribution in [3.8, 4) is 33.4 Å². The van der Waals surface area contributed by atoms with Crippen molar-refractivity contribution in [1.29, 1.82) is 0 Å². The van der Waals surface area contributed by atoms with Crippen LogP contribution in [-0.2, 0) is 27.1 Å². The maximum atomic E-state index is 2.52. The van der Waals surface area contributed by atoms with Gasteiger partial charge in [0.1, 0.15) is 0 Å². The molecule has 1 nitrogen and oxygen atoms in total. The molecule has 0 atom stereocenters. The minimum absolute atomic E-state index is 0.0149. The summed E-state index contributed by atoms with van der Waals surface area (Å²) in [4.78, 5) is 2.52. The third-order valence-electron chi connectivity index (χ3n) is 16.8. The lowest BCUT2D eigenvalue weighted by Crippen LogP contribution is -2.28. The summed E-state index contributed by atoms with van der Waals surface area (Å²) in [5, 5.41) is 2.76. The van der Waals surface area contributed by atoms with Gasteiger partial charge in [0.05, 0.1) is 5.41 Å². The smallest absolute Gasteiger partial charge is 0.0713 e. The Kier molecular flexibility index (Phi) is 9.30. The fourth-order valence-corrected chi connectivity index (χ4v) is 14.7. The molecule has 3 aliphatic rings. The summed E-state index contributed by atoms with van der Waals surface area (Å²) in [6.45, 7) is 23.8. The van der Waals surface area contributed by atoms with Crippen molar-refractivity contribution < 1.29 is 0 Å². The van der Waals surface area contributed by atoms with Gasteiger partial charge in [-0.3, -0.25) is 0 Å². The number of rotatable bonds is 5. The van der Waals surface area contributed by atoms with Crippen LogP contribution in [0.2, 0.25) is 0 Å². The van der Waals surface area contributed by atoms with Gasteiger partial charge in [0.2, 0.25) is 0 Å². The summed E-state index contributed by atoms with van der Waals surface area (Å²) < 4.78 is 2.83. The normalized spacial score (nSPS) is 15.5. The zero-order valence-corrected chi connectivity index (χ0v) is 43.6. The van der Waals surface area contributed by atoms with E-state index < -0.39 is 5.41 Å². The van der Waals surface area contributed by atoms with Gasteiger partial charge in [0, 0.05) is 53.6 Å². The Morgan fingerprint density at radius 3 is 1.46 bits per heavy atom. The second-order valence-electron chi connectivity index (χ2n) is 23.7. The predicted octanol–water partition coefficient (Wildman–Crippen LogP) is 19.1. The van der Waals surface area contributed by atoms with Gasteiger partial charge in [0.25, 0.3) is 0 Å². The van der Waals surface area contributed by atoms with Crippen LogP contribution < -0.4 is 4.90 Å². The van der Waals surface area contributed by atoms with Crippen LogP contribution in [0.5, 0.6) is 0 Å². The summed E-state index contributed by atoms with van der Waals surface area (Å²) in [5.74, 6) is 0. The highest BCUT2D eigenvalue weighted by Crippen LogP contribution is 2.59. The highest BCUT2D eigenvalue weighted by atomic mass is 32.1. The lowest BCUT2D eigenvalue weighted by molar-refractivity contribution is 0.573. The van der Waals surface area contributed by atoms with Crippen molar-refractivity contribution in [2.24, 2.45) is 0 Å². The third-order valence-corrected chi connectivity index (χ3v) is 18.1. The van der Waals surface area contributed by atoms with Crippen LogP contribution in [-0.4, -0.2) is 0 Å².